The fourth-order valence-electron chi connectivity index (χ4n) is 4.70. The fraction of sp³-hybridized carbons (Fsp3) is 0.929. The van der Waals surface area contributed by atoms with Crippen LogP contribution in [0.15, 0.2) is 0 Å². The minimum Gasteiger partial charge on any atom is -0.481 e. The van der Waals surface area contributed by atoms with Crippen LogP contribution in [0.5, 0.6) is 0 Å². The summed E-state index contributed by atoms with van der Waals surface area (Å²) >= 11 is 0. The number of rotatable bonds is 5. The van der Waals surface area contributed by atoms with E-state index in [4.69, 9.17) is 0 Å². The molecule has 0 aliphatic heterocycles. The Labute approximate surface area is 98.4 Å². The number of carbonyl (C=O) groups is 1. The zero-order chi connectivity index (χ0) is 11.8. The highest BCUT2D eigenvalue weighted by Crippen LogP contribution is 2.63. The third-order valence-electron chi connectivity index (χ3n) is 5.25. The maximum Gasteiger partial charge on any atom is 0.310 e. The molecule has 16 heavy (non-hydrogen) atoms. The minimum absolute atomic E-state index is 0.342. The number of carboxylic acids is 1. The first-order valence-corrected chi connectivity index (χ1v) is 6.91. The van der Waals surface area contributed by atoms with Crippen LogP contribution >= 0.6 is 0 Å². The summed E-state index contributed by atoms with van der Waals surface area (Å²) in [5.74, 6) is 0.880. The number of fused-ring (bicyclic) bond motifs is 2. The van der Waals surface area contributed by atoms with E-state index in [1.54, 1.807) is 0 Å². The van der Waals surface area contributed by atoms with Crippen LogP contribution in [-0.4, -0.2) is 11.1 Å². The highest BCUT2D eigenvalue weighted by molar-refractivity contribution is 5.77. The normalized spacial score (nSPS) is 38.9. The topological polar surface area (TPSA) is 37.3 Å². The second-order valence-corrected chi connectivity index (χ2v) is 5.68. The number of hydrogen-bond donors (Lipinski definition) is 1. The largest absolute Gasteiger partial charge is 0.481 e. The lowest BCUT2D eigenvalue weighted by atomic mass is 9.65. The molecule has 2 bridgehead atoms. The van der Waals surface area contributed by atoms with E-state index in [9.17, 15) is 9.90 Å². The van der Waals surface area contributed by atoms with E-state index in [0.29, 0.717) is 17.8 Å². The highest BCUT2D eigenvalue weighted by Gasteiger charge is 2.62. The van der Waals surface area contributed by atoms with Crippen LogP contribution in [0, 0.1) is 23.2 Å². The maximum absolute atomic E-state index is 11.9. The van der Waals surface area contributed by atoms with E-state index in [0.717, 1.165) is 44.9 Å². The van der Waals surface area contributed by atoms with Gasteiger partial charge in [-0.25, -0.2) is 0 Å². The molecule has 0 saturated heterocycles. The van der Waals surface area contributed by atoms with Crippen LogP contribution in [0.2, 0.25) is 0 Å². The van der Waals surface area contributed by atoms with Gasteiger partial charge < -0.3 is 5.11 Å². The second-order valence-electron chi connectivity index (χ2n) is 5.68. The summed E-state index contributed by atoms with van der Waals surface area (Å²) in [6, 6.07) is 0. The Morgan fingerprint density at radius 2 is 1.75 bits per heavy atom. The molecule has 0 aromatic carbocycles. The molecule has 0 amide bonds. The van der Waals surface area contributed by atoms with Gasteiger partial charge in [0.05, 0.1) is 5.41 Å². The molecule has 2 aliphatic carbocycles. The number of aliphatic carboxylic acids is 1. The van der Waals surface area contributed by atoms with Crippen molar-refractivity contribution in [2.45, 2.75) is 58.8 Å². The molecular formula is C14H24O2. The van der Waals surface area contributed by atoms with Gasteiger partial charge in [0.15, 0.2) is 0 Å². The van der Waals surface area contributed by atoms with Crippen molar-refractivity contribution in [1.82, 2.24) is 0 Å². The van der Waals surface area contributed by atoms with E-state index in [1.165, 1.54) is 0 Å². The van der Waals surface area contributed by atoms with Gasteiger partial charge in [0.2, 0.25) is 0 Å². The van der Waals surface area contributed by atoms with Gasteiger partial charge in [-0.05, 0) is 49.9 Å². The minimum atomic E-state index is -0.488. The number of hydrogen-bond acceptors (Lipinski definition) is 1. The molecule has 2 aliphatic rings. The monoisotopic (exact) mass is 224 g/mol. The third-order valence-corrected chi connectivity index (χ3v) is 5.25. The average Bonchev–Trinajstić information content (AvgIpc) is 2.81. The summed E-state index contributed by atoms with van der Waals surface area (Å²) < 4.78 is 0. The lowest BCUT2D eigenvalue weighted by Crippen LogP contribution is -2.42. The predicted octanol–water partition coefficient (Wildman–Crippen LogP) is 3.70. The molecule has 0 heterocycles. The van der Waals surface area contributed by atoms with Crippen molar-refractivity contribution in [1.29, 1.82) is 0 Å². The summed E-state index contributed by atoms with van der Waals surface area (Å²) in [6.07, 6.45) is 7.90. The van der Waals surface area contributed by atoms with Crippen LogP contribution in [-0.2, 0) is 4.79 Å². The molecule has 92 valence electrons. The molecule has 2 nitrogen and oxygen atoms in total. The van der Waals surface area contributed by atoms with Crippen molar-refractivity contribution >= 4 is 5.97 Å². The molecule has 2 saturated carbocycles. The zero-order valence-corrected chi connectivity index (χ0v) is 10.5. The van der Waals surface area contributed by atoms with Crippen LogP contribution in [0.1, 0.15) is 58.8 Å². The molecule has 1 unspecified atom stereocenters. The summed E-state index contributed by atoms with van der Waals surface area (Å²) in [4.78, 5) is 11.9. The summed E-state index contributed by atoms with van der Waals surface area (Å²) in [5.41, 5.74) is -0.342. The van der Waals surface area contributed by atoms with Crippen molar-refractivity contribution in [3.63, 3.8) is 0 Å². The Morgan fingerprint density at radius 1 is 1.25 bits per heavy atom. The Balaban J connectivity index is 2.32. The second kappa shape index (κ2) is 4.38. The van der Waals surface area contributed by atoms with Crippen LogP contribution < -0.4 is 0 Å². The van der Waals surface area contributed by atoms with Crippen LogP contribution in [0.3, 0.4) is 0 Å². The van der Waals surface area contributed by atoms with Crippen molar-refractivity contribution in [2.24, 2.45) is 23.2 Å². The van der Waals surface area contributed by atoms with E-state index in [2.05, 4.69) is 13.8 Å². The van der Waals surface area contributed by atoms with E-state index >= 15 is 0 Å². The quantitative estimate of drug-likeness (QED) is 0.773. The molecule has 2 rings (SSSR count). The van der Waals surface area contributed by atoms with Gasteiger partial charge in [-0.15, -0.1) is 0 Å². The van der Waals surface area contributed by atoms with E-state index in [-0.39, 0.29) is 5.41 Å². The van der Waals surface area contributed by atoms with E-state index in [1.807, 2.05) is 0 Å². The van der Waals surface area contributed by atoms with E-state index < -0.39 is 5.97 Å². The molecule has 1 N–H and O–H groups in total. The molecule has 0 aromatic rings. The summed E-state index contributed by atoms with van der Waals surface area (Å²) in [5, 5.41) is 9.77. The first-order valence-electron chi connectivity index (χ1n) is 6.91. The van der Waals surface area contributed by atoms with Gasteiger partial charge >= 0.3 is 5.97 Å². The molecule has 2 heteroatoms. The lowest BCUT2D eigenvalue weighted by Gasteiger charge is -2.37. The maximum atomic E-state index is 11.9. The van der Waals surface area contributed by atoms with Gasteiger partial charge in [-0.3, -0.25) is 4.79 Å². The standard InChI is InChI=1S/C14H24O2/c1-3-5-10(4-2)14(13(15)16)11-6-7-12(14)9-8-11/h10-12H,3-9H2,1-2H3,(H,15,16). The van der Waals surface area contributed by atoms with Gasteiger partial charge in [0.1, 0.15) is 0 Å². The Bertz CT molecular complexity index is 252. The zero-order valence-electron chi connectivity index (χ0n) is 10.5. The smallest absolute Gasteiger partial charge is 0.310 e. The molecule has 2 fully saturated rings. The van der Waals surface area contributed by atoms with Gasteiger partial charge in [-0.2, -0.15) is 0 Å². The summed E-state index contributed by atoms with van der Waals surface area (Å²) in [6.45, 7) is 4.35. The molecule has 0 spiro atoms. The predicted molar refractivity (Wildman–Crippen MR) is 64.2 cm³/mol. The Hall–Kier alpha value is -0.530. The lowest BCUT2D eigenvalue weighted by molar-refractivity contribution is -0.157. The third kappa shape index (κ3) is 1.42. The molecule has 1 atom stereocenters. The van der Waals surface area contributed by atoms with Crippen LogP contribution in [0.4, 0.5) is 0 Å². The van der Waals surface area contributed by atoms with Gasteiger partial charge in [0.25, 0.3) is 0 Å². The molecule has 0 aromatic heterocycles. The Kier molecular flexibility index (Phi) is 3.27. The first kappa shape index (κ1) is 11.9. The summed E-state index contributed by atoms with van der Waals surface area (Å²) in [7, 11) is 0. The van der Waals surface area contributed by atoms with Gasteiger partial charge in [0, 0.05) is 0 Å². The highest BCUT2D eigenvalue weighted by atomic mass is 16.4. The van der Waals surface area contributed by atoms with Crippen molar-refractivity contribution in [3.05, 3.63) is 0 Å². The Morgan fingerprint density at radius 3 is 2.06 bits per heavy atom. The van der Waals surface area contributed by atoms with Crippen molar-refractivity contribution in [2.75, 3.05) is 0 Å². The average molecular weight is 224 g/mol. The fourth-order valence-corrected chi connectivity index (χ4v) is 4.70. The first-order chi connectivity index (χ1) is 7.67. The molecular weight excluding hydrogens is 200 g/mol. The van der Waals surface area contributed by atoms with Crippen molar-refractivity contribution in [3.8, 4) is 0 Å². The SMILES string of the molecule is CCCC(CC)C1(C(=O)O)C2CCC1CC2. The number of carboxylic acid groups (broad SMARTS) is 1. The molecule has 0 radical (unpaired) electrons. The van der Waals surface area contributed by atoms with Gasteiger partial charge in [-0.1, -0.05) is 26.7 Å². The van der Waals surface area contributed by atoms with Crippen molar-refractivity contribution < 1.29 is 9.90 Å². The van der Waals surface area contributed by atoms with Crippen LogP contribution in [0.25, 0.3) is 0 Å².